The highest BCUT2D eigenvalue weighted by molar-refractivity contribution is 9.10. The summed E-state index contributed by atoms with van der Waals surface area (Å²) in [6.07, 6.45) is 3.12. The Hall–Kier alpha value is -0.960. The molecule has 2 aliphatic heterocycles. The molecule has 2 N–H and O–H groups in total. The van der Waals surface area contributed by atoms with Gasteiger partial charge < -0.3 is 10.6 Å². The van der Waals surface area contributed by atoms with Crippen LogP contribution in [0.4, 0.5) is 0 Å². The van der Waals surface area contributed by atoms with Gasteiger partial charge in [0.15, 0.2) is 0 Å². The number of amides is 1. The van der Waals surface area contributed by atoms with Crippen LogP contribution in [0.1, 0.15) is 53.4 Å². The number of rotatable bonds is 4. The molecule has 8 heteroatoms. The van der Waals surface area contributed by atoms with Crippen molar-refractivity contribution in [3.63, 3.8) is 0 Å². The van der Waals surface area contributed by atoms with Crippen LogP contribution in [0, 0.1) is 5.92 Å². The van der Waals surface area contributed by atoms with Crippen molar-refractivity contribution in [2.24, 2.45) is 5.92 Å². The van der Waals surface area contributed by atoms with Gasteiger partial charge in [0.1, 0.15) is 0 Å². The molecule has 0 bridgehead atoms. The molecule has 162 valence electrons. The van der Waals surface area contributed by atoms with E-state index in [1.54, 1.807) is 24.3 Å². The minimum Gasteiger partial charge on any atom is -0.353 e. The second-order valence-electron chi connectivity index (χ2n) is 9.66. The van der Waals surface area contributed by atoms with Gasteiger partial charge in [0, 0.05) is 34.7 Å². The molecule has 1 unspecified atom stereocenters. The second kappa shape index (κ2) is 8.29. The van der Waals surface area contributed by atoms with Gasteiger partial charge in [0.05, 0.1) is 10.8 Å². The minimum absolute atomic E-state index is 0.0285. The second-order valence-corrected chi connectivity index (χ2v) is 12.5. The molecule has 1 amide bonds. The SMILES string of the molecule is CC1(C)CC(NC(=O)C2CCCN(S(=O)(=O)c3ccc(Br)cc3)C2)CC(C)(C)N1. The van der Waals surface area contributed by atoms with E-state index in [9.17, 15) is 13.2 Å². The molecule has 2 saturated heterocycles. The highest BCUT2D eigenvalue weighted by Gasteiger charge is 2.40. The van der Waals surface area contributed by atoms with Gasteiger partial charge in [-0.2, -0.15) is 4.31 Å². The molecule has 2 fully saturated rings. The Labute approximate surface area is 183 Å². The van der Waals surface area contributed by atoms with E-state index in [1.807, 2.05) is 0 Å². The molecule has 0 radical (unpaired) electrons. The molecule has 1 aromatic carbocycles. The zero-order chi connectivity index (χ0) is 21.4. The van der Waals surface area contributed by atoms with Crippen LogP contribution in [-0.2, 0) is 14.8 Å². The van der Waals surface area contributed by atoms with E-state index in [0.29, 0.717) is 13.0 Å². The van der Waals surface area contributed by atoms with E-state index in [2.05, 4.69) is 54.3 Å². The van der Waals surface area contributed by atoms with Gasteiger partial charge >= 0.3 is 0 Å². The Bertz CT molecular complexity index is 836. The number of hydrogen-bond donors (Lipinski definition) is 2. The van der Waals surface area contributed by atoms with Crippen molar-refractivity contribution in [2.75, 3.05) is 13.1 Å². The van der Waals surface area contributed by atoms with Crippen molar-refractivity contribution in [1.29, 1.82) is 0 Å². The molecule has 3 rings (SSSR count). The van der Waals surface area contributed by atoms with Gasteiger partial charge in [-0.05, 0) is 77.6 Å². The van der Waals surface area contributed by atoms with Gasteiger partial charge in [-0.1, -0.05) is 15.9 Å². The maximum Gasteiger partial charge on any atom is 0.243 e. The number of nitrogens with zero attached hydrogens (tertiary/aromatic N) is 1. The van der Waals surface area contributed by atoms with Crippen molar-refractivity contribution >= 4 is 31.9 Å². The van der Waals surface area contributed by atoms with Crippen LogP contribution in [0.2, 0.25) is 0 Å². The first kappa shape index (κ1) is 22.7. The number of hydrogen-bond acceptors (Lipinski definition) is 4. The molecule has 0 spiro atoms. The van der Waals surface area contributed by atoms with E-state index in [1.165, 1.54) is 4.31 Å². The van der Waals surface area contributed by atoms with Crippen molar-refractivity contribution in [1.82, 2.24) is 14.9 Å². The number of sulfonamides is 1. The lowest BCUT2D eigenvalue weighted by Crippen LogP contribution is -2.62. The standard InChI is InChI=1S/C21H32BrN3O3S/c1-20(2)12-17(13-21(3,4)24-20)23-19(26)15-6-5-11-25(14-15)29(27,28)18-9-7-16(22)8-10-18/h7-10,15,17,24H,5-6,11-14H2,1-4H3,(H,23,26). The van der Waals surface area contributed by atoms with Crippen LogP contribution in [0.15, 0.2) is 33.6 Å². The van der Waals surface area contributed by atoms with Crippen LogP contribution in [-0.4, -0.2) is 48.8 Å². The van der Waals surface area contributed by atoms with Crippen molar-refractivity contribution in [2.45, 2.75) is 75.4 Å². The number of carbonyl (C=O) groups is 1. The van der Waals surface area contributed by atoms with Crippen LogP contribution in [0.25, 0.3) is 0 Å². The third-order valence-corrected chi connectivity index (χ3v) is 8.15. The minimum atomic E-state index is -3.59. The maximum absolute atomic E-state index is 13.0. The number of benzene rings is 1. The lowest BCUT2D eigenvalue weighted by Gasteiger charge is -2.47. The first-order valence-corrected chi connectivity index (χ1v) is 12.5. The van der Waals surface area contributed by atoms with Gasteiger partial charge in [-0.25, -0.2) is 8.42 Å². The van der Waals surface area contributed by atoms with Gasteiger partial charge in [0.2, 0.25) is 15.9 Å². The summed E-state index contributed by atoms with van der Waals surface area (Å²) < 4.78 is 28.3. The molecular weight excluding hydrogens is 454 g/mol. The molecule has 6 nitrogen and oxygen atoms in total. The zero-order valence-electron chi connectivity index (χ0n) is 17.7. The molecule has 0 aliphatic carbocycles. The average Bonchev–Trinajstić information content (AvgIpc) is 2.59. The summed E-state index contributed by atoms with van der Waals surface area (Å²) in [6.45, 7) is 9.30. The van der Waals surface area contributed by atoms with E-state index in [-0.39, 0.29) is 40.4 Å². The highest BCUT2D eigenvalue weighted by Crippen LogP contribution is 2.30. The Kier molecular flexibility index (Phi) is 6.49. The monoisotopic (exact) mass is 485 g/mol. The fraction of sp³-hybridized carbons (Fsp3) is 0.667. The van der Waals surface area contributed by atoms with Crippen molar-refractivity contribution < 1.29 is 13.2 Å². The molecule has 2 aliphatic rings. The fourth-order valence-electron chi connectivity index (χ4n) is 4.87. The number of halogens is 1. The topological polar surface area (TPSA) is 78.5 Å². The van der Waals surface area contributed by atoms with Crippen LogP contribution >= 0.6 is 15.9 Å². The number of carbonyl (C=O) groups excluding carboxylic acids is 1. The molecular formula is C21H32BrN3O3S. The van der Waals surface area contributed by atoms with E-state index in [4.69, 9.17) is 0 Å². The number of nitrogens with one attached hydrogen (secondary N) is 2. The first-order chi connectivity index (χ1) is 13.4. The highest BCUT2D eigenvalue weighted by atomic mass is 79.9. The Morgan fingerprint density at radius 1 is 1.14 bits per heavy atom. The molecule has 0 aromatic heterocycles. The molecule has 29 heavy (non-hydrogen) atoms. The third kappa shape index (κ3) is 5.60. The predicted molar refractivity (Wildman–Crippen MR) is 118 cm³/mol. The van der Waals surface area contributed by atoms with Gasteiger partial charge in [0.25, 0.3) is 0 Å². The van der Waals surface area contributed by atoms with Crippen molar-refractivity contribution in [3.05, 3.63) is 28.7 Å². The predicted octanol–water partition coefficient (Wildman–Crippen LogP) is 3.28. The summed E-state index contributed by atoms with van der Waals surface area (Å²) in [7, 11) is -3.59. The van der Waals surface area contributed by atoms with Gasteiger partial charge in [-0.3, -0.25) is 4.79 Å². The summed E-state index contributed by atoms with van der Waals surface area (Å²) in [5.41, 5.74) is -0.105. The van der Waals surface area contributed by atoms with E-state index in [0.717, 1.165) is 23.7 Å². The molecule has 0 saturated carbocycles. The smallest absolute Gasteiger partial charge is 0.243 e. The van der Waals surface area contributed by atoms with Crippen LogP contribution in [0.3, 0.4) is 0 Å². The Morgan fingerprint density at radius 3 is 2.31 bits per heavy atom. The normalized spacial score (nSPS) is 25.5. The van der Waals surface area contributed by atoms with Crippen LogP contribution in [0.5, 0.6) is 0 Å². The maximum atomic E-state index is 13.0. The molecule has 2 heterocycles. The lowest BCUT2D eigenvalue weighted by molar-refractivity contribution is -0.127. The van der Waals surface area contributed by atoms with Crippen molar-refractivity contribution in [3.8, 4) is 0 Å². The quantitative estimate of drug-likeness (QED) is 0.685. The fourth-order valence-corrected chi connectivity index (χ4v) is 6.66. The van der Waals surface area contributed by atoms with E-state index >= 15 is 0 Å². The average molecular weight is 486 g/mol. The lowest BCUT2D eigenvalue weighted by atomic mass is 9.79. The molecule has 1 atom stereocenters. The summed E-state index contributed by atoms with van der Waals surface area (Å²) >= 11 is 3.33. The zero-order valence-corrected chi connectivity index (χ0v) is 20.1. The number of piperidine rings is 2. The first-order valence-electron chi connectivity index (χ1n) is 10.2. The van der Waals surface area contributed by atoms with E-state index < -0.39 is 10.0 Å². The molecule has 1 aromatic rings. The Balaban J connectivity index is 1.67. The summed E-state index contributed by atoms with van der Waals surface area (Å²) in [6, 6.07) is 6.74. The summed E-state index contributed by atoms with van der Waals surface area (Å²) in [5, 5.41) is 6.83. The summed E-state index contributed by atoms with van der Waals surface area (Å²) in [5.74, 6) is -0.339. The third-order valence-electron chi connectivity index (χ3n) is 5.74. The largest absolute Gasteiger partial charge is 0.353 e. The van der Waals surface area contributed by atoms with Gasteiger partial charge in [-0.15, -0.1) is 0 Å². The Morgan fingerprint density at radius 2 is 1.72 bits per heavy atom. The summed E-state index contributed by atoms with van der Waals surface area (Å²) in [4.78, 5) is 13.3. The van der Waals surface area contributed by atoms with Crippen LogP contribution < -0.4 is 10.6 Å².